The highest BCUT2D eigenvalue weighted by molar-refractivity contribution is 8.13. The summed E-state index contributed by atoms with van der Waals surface area (Å²) in [6.45, 7) is 3.14. The fraction of sp³-hybridized carbons (Fsp3) is 0.350. The first kappa shape index (κ1) is 18.7. The van der Waals surface area contributed by atoms with E-state index in [0.717, 1.165) is 30.5 Å². The second-order valence-corrected chi connectivity index (χ2v) is 7.08. The van der Waals surface area contributed by atoms with Gasteiger partial charge in [-0.25, -0.2) is 4.39 Å². The van der Waals surface area contributed by atoms with Crippen molar-refractivity contribution in [3.05, 3.63) is 65.0 Å². The molecule has 0 saturated carbocycles. The summed E-state index contributed by atoms with van der Waals surface area (Å²) in [4.78, 5) is 4.32. The lowest BCUT2D eigenvalue weighted by Gasteiger charge is -2.28. The molecule has 6 heteroatoms. The van der Waals surface area contributed by atoms with E-state index >= 15 is 0 Å². The first-order chi connectivity index (χ1) is 12.7. The summed E-state index contributed by atoms with van der Waals surface area (Å²) in [6, 6.07) is 12.7. The minimum absolute atomic E-state index is 0.300. The van der Waals surface area contributed by atoms with Crippen molar-refractivity contribution < 1.29 is 13.9 Å². The number of thioether (sulfide) groups is 1. The Morgan fingerprint density at radius 2 is 2.12 bits per heavy atom. The predicted octanol–water partition coefficient (Wildman–Crippen LogP) is 4.78. The second kappa shape index (κ2) is 9.05. The zero-order valence-corrected chi connectivity index (χ0v) is 15.6. The maximum Gasteiger partial charge on any atom is 0.227 e. The number of hydrogen-bond acceptors (Lipinski definition) is 4. The molecule has 1 atom stereocenters. The van der Waals surface area contributed by atoms with E-state index in [1.165, 1.54) is 23.9 Å². The third-order valence-electron chi connectivity index (χ3n) is 4.05. The van der Waals surface area contributed by atoms with Crippen molar-refractivity contribution in [2.24, 2.45) is 10.7 Å². The van der Waals surface area contributed by atoms with Gasteiger partial charge in [0.1, 0.15) is 11.6 Å². The van der Waals surface area contributed by atoms with Crippen molar-refractivity contribution in [3.8, 4) is 5.75 Å². The van der Waals surface area contributed by atoms with Crippen molar-refractivity contribution in [1.29, 1.82) is 0 Å². The highest BCUT2D eigenvalue weighted by Crippen LogP contribution is 2.37. The topological polar surface area (TPSA) is 56.8 Å². The molecule has 1 heterocycles. The van der Waals surface area contributed by atoms with Crippen molar-refractivity contribution >= 4 is 16.9 Å². The van der Waals surface area contributed by atoms with Crippen LogP contribution in [0.3, 0.4) is 0 Å². The lowest BCUT2D eigenvalue weighted by Crippen LogP contribution is -2.19. The van der Waals surface area contributed by atoms with E-state index in [1.807, 2.05) is 30.3 Å². The number of ether oxygens (including phenoxy) is 2. The maximum absolute atomic E-state index is 14.0. The number of nitrogens with zero attached hydrogens (tertiary/aromatic N) is 1. The van der Waals surface area contributed by atoms with E-state index in [1.54, 1.807) is 0 Å². The van der Waals surface area contributed by atoms with E-state index in [4.69, 9.17) is 15.2 Å². The van der Waals surface area contributed by atoms with Crippen LogP contribution < -0.4 is 10.5 Å². The SMILES string of the molecule is CCCCN=C(N)SCc1cc(F)cc2c1O[C@@H](c1ccccc1)OC2. The third kappa shape index (κ3) is 4.77. The number of benzene rings is 2. The van der Waals surface area contributed by atoms with Gasteiger partial charge in [-0.2, -0.15) is 0 Å². The first-order valence-electron chi connectivity index (χ1n) is 8.74. The Hall–Kier alpha value is -2.05. The van der Waals surface area contributed by atoms with Crippen LogP contribution in [0.1, 0.15) is 42.7 Å². The van der Waals surface area contributed by atoms with Gasteiger partial charge in [0.25, 0.3) is 0 Å². The Bertz CT molecular complexity index is 768. The molecule has 3 rings (SSSR count). The molecule has 0 aromatic heterocycles. The number of nitrogens with two attached hydrogens (primary N) is 1. The minimum Gasteiger partial charge on any atom is -0.460 e. The van der Waals surface area contributed by atoms with Gasteiger partial charge in [0, 0.05) is 29.0 Å². The molecular formula is C20H23FN2O2S. The Labute approximate surface area is 157 Å². The predicted molar refractivity (Wildman–Crippen MR) is 104 cm³/mol. The molecule has 0 unspecified atom stereocenters. The Balaban J connectivity index is 1.75. The van der Waals surface area contributed by atoms with Crippen LogP contribution in [0.15, 0.2) is 47.5 Å². The molecule has 0 radical (unpaired) electrons. The summed E-state index contributed by atoms with van der Waals surface area (Å²) in [5.41, 5.74) is 8.36. The maximum atomic E-state index is 14.0. The van der Waals surface area contributed by atoms with Crippen molar-refractivity contribution in [2.45, 2.75) is 38.4 Å². The number of fused-ring (bicyclic) bond motifs is 1. The van der Waals surface area contributed by atoms with Crippen molar-refractivity contribution in [1.82, 2.24) is 0 Å². The van der Waals surface area contributed by atoms with Gasteiger partial charge in [-0.3, -0.25) is 4.99 Å². The molecule has 0 aliphatic carbocycles. The average Bonchev–Trinajstić information content (AvgIpc) is 2.66. The highest BCUT2D eigenvalue weighted by Gasteiger charge is 2.25. The zero-order valence-electron chi connectivity index (χ0n) is 14.8. The molecule has 2 aromatic carbocycles. The normalized spacial score (nSPS) is 16.8. The smallest absolute Gasteiger partial charge is 0.227 e. The highest BCUT2D eigenvalue weighted by atomic mass is 32.2. The molecule has 2 aromatic rings. The number of rotatable bonds is 6. The molecule has 0 amide bonds. The summed E-state index contributed by atoms with van der Waals surface area (Å²) >= 11 is 1.40. The van der Waals surface area contributed by atoms with Crippen LogP contribution in [0.2, 0.25) is 0 Å². The van der Waals surface area contributed by atoms with Crippen LogP contribution in [0, 0.1) is 5.82 Å². The van der Waals surface area contributed by atoms with E-state index in [-0.39, 0.29) is 5.82 Å². The summed E-state index contributed by atoms with van der Waals surface area (Å²) in [5.74, 6) is 0.884. The first-order valence-corrected chi connectivity index (χ1v) is 9.73. The van der Waals surface area contributed by atoms with E-state index in [2.05, 4.69) is 11.9 Å². The van der Waals surface area contributed by atoms with E-state index in [0.29, 0.717) is 28.8 Å². The zero-order chi connectivity index (χ0) is 18.4. The number of unbranched alkanes of at least 4 members (excludes halogenated alkanes) is 1. The lowest BCUT2D eigenvalue weighted by atomic mass is 10.1. The van der Waals surface area contributed by atoms with Crippen LogP contribution in [0.25, 0.3) is 0 Å². The molecule has 0 saturated heterocycles. The van der Waals surface area contributed by atoms with E-state index < -0.39 is 6.29 Å². The molecule has 2 N–H and O–H groups in total. The minimum atomic E-state index is -0.492. The quantitative estimate of drug-likeness (QED) is 0.449. The van der Waals surface area contributed by atoms with Gasteiger partial charge < -0.3 is 15.2 Å². The van der Waals surface area contributed by atoms with Gasteiger partial charge >= 0.3 is 0 Å². The summed E-state index contributed by atoms with van der Waals surface area (Å²) in [7, 11) is 0. The molecule has 1 aliphatic heterocycles. The average molecular weight is 374 g/mol. The Kier molecular flexibility index (Phi) is 6.52. The van der Waals surface area contributed by atoms with Crippen LogP contribution in [-0.4, -0.2) is 11.7 Å². The number of halogens is 1. The molecule has 0 bridgehead atoms. The van der Waals surface area contributed by atoms with Crippen molar-refractivity contribution in [3.63, 3.8) is 0 Å². The van der Waals surface area contributed by atoms with Crippen LogP contribution in [0.4, 0.5) is 4.39 Å². The molecular weight excluding hydrogens is 351 g/mol. The third-order valence-corrected chi connectivity index (χ3v) is 4.93. The van der Waals surface area contributed by atoms with Crippen LogP contribution >= 0.6 is 11.8 Å². The van der Waals surface area contributed by atoms with Gasteiger partial charge in [-0.05, 0) is 18.6 Å². The lowest BCUT2D eigenvalue weighted by molar-refractivity contribution is -0.112. The molecule has 0 fully saturated rings. The molecule has 138 valence electrons. The summed E-state index contributed by atoms with van der Waals surface area (Å²) < 4.78 is 25.8. The fourth-order valence-electron chi connectivity index (χ4n) is 2.70. The summed E-state index contributed by atoms with van der Waals surface area (Å²) in [5, 5.41) is 0.517. The molecule has 4 nitrogen and oxygen atoms in total. The standard InChI is InChI=1S/C20H23FN2O2S/c1-2-3-9-23-20(22)26-13-16-11-17(21)10-15-12-24-19(25-18(15)16)14-7-5-4-6-8-14/h4-8,10-11,19H,2-3,9,12-13H2,1H3,(H2,22,23)/t19-/m0/s1. The van der Waals surface area contributed by atoms with Crippen LogP contribution in [-0.2, 0) is 17.1 Å². The Morgan fingerprint density at radius 1 is 1.31 bits per heavy atom. The fourth-order valence-corrected chi connectivity index (χ4v) is 3.40. The van der Waals surface area contributed by atoms with Gasteiger partial charge in [0.05, 0.1) is 6.61 Å². The van der Waals surface area contributed by atoms with Crippen LogP contribution in [0.5, 0.6) is 5.75 Å². The second-order valence-electron chi connectivity index (χ2n) is 6.09. The molecule has 26 heavy (non-hydrogen) atoms. The van der Waals surface area contributed by atoms with Gasteiger partial charge in [-0.15, -0.1) is 0 Å². The van der Waals surface area contributed by atoms with E-state index in [9.17, 15) is 4.39 Å². The number of aliphatic imine (C=N–C) groups is 1. The van der Waals surface area contributed by atoms with Gasteiger partial charge in [0.2, 0.25) is 6.29 Å². The molecule has 1 aliphatic rings. The number of amidine groups is 1. The summed E-state index contributed by atoms with van der Waals surface area (Å²) in [6.07, 6.45) is 1.59. The molecule has 0 spiro atoms. The largest absolute Gasteiger partial charge is 0.460 e. The Morgan fingerprint density at radius 3 is 2.88 bits per heavy atom. The monoisotopic (exact) mass is 374 g/mol. The van der Waals surface area contributed by atoms with Gasteiger partial charge in [-0.1, -0.05) is 55.4 Å². The van der Waals surface area contributed by atoms with Gasteiger partial charge in [0.15, 0.2) is 5.17 Å². The van der Waals surface area contributed by atoms with Crippen molar-refractivity contribution in [2.75, 3.05) is 6.54 Å². The number of hydrogen-bond donors (Lipinski definition) is 1.